The fourth-order valence-electron chi connectivity index (χ4n) is 2.19. The molecule has 3 aromatic heterocycles. The number of hydrogen-bond donors (Lipinski definition) is 1. The van der Waals surface area contributed by atoms with Gasteiger partial charge in [-0.2, -0.15) is 0 Å². The second-order valence-corrected chi connectivity index (χ2v) is 4.42. The Kier molecular flexibility index (Phi) is 3.25. The molecule has 0 aliphatic rings. The minimum Gasteiger partial charge on any atom is -0.494 e. The number of rotatable bonds is 4. The molecule has 1 N–H and O–H groups in total. The Morgan fingerprint density at radius 3 is 2.80 bits per heavy atom. The van der Waals surface area contributed by atoms with Gasteiger partial charge in [-0.15, -0.1) is 0 Å². The lowest BCUT2D eigenvalue weighted by Gasteiger charge is -2.10. The van der Waals surface area contributed by atoms with Crippen LogP contribution in [0.3, 0.4) is 0 Å². The second kappa shape index (κ2) is 5.21. The minimum atomic E-state index is 0.208. The maximum Gasteiger partial charge on any atom is 0.218 e. The first-order chi connectivity index (χ1) is 9.79. The van der Waals surface area contributed by atoms with Gasteiger partial charge in [-0.3, -0.25) is 4.98 Å². The van der Waals surface area contributed by atoms with Crippen LogP contribution >= 0.6 is 0 Å². The zero-order chi connectivity index (χ0) is 13.9. The maximum atomic E-state index is 10.2. The van der Waals surface area contributed by atoms with E-state index in [9.17, 15) is 5.11 Å². The average molecular weight is 269 g/mol. The third kappa shape index (κ3) is 2.18. The van der Waals surface area contributed by atoms with Crippen molar-refractivity contribution in [1.29, 1.82) is 0 Å². The van der Waals surface area contributed by atoms with E-state index in [1.807, 2.05) is 37.4 Å². The molecule has 3 heterocycles. The summed E-state index contributed by atoms with van der Waals surface area (Å²) in [5, 5.41) is 11.0. The Labute approximate surface area is 116 Å². The van der Waals surface area contributed by atoms with Crippen molar-refractivity contribution in [3.05, 3.63) is 48.4 Å². The molecule has 0 aliphatic carbocycles. The number of pyridine rings is 2. The molecule has 102 valence electrons. The van der Waals surface area contributed by atoms with Crippen molar-refractivity contribution in [2.75, 3.05) is 6.61 Å². The summed E-state index contributed by atoms with van der Waals surface area (Å²) < 4.78 is 7.25. The van der Waals surface area contributed by atoms with Gasteiger partial charge in [0.05, 0.1) is 24.1 Å². The van der Waals surface area contributed by atoms with Crippen LogP contribution in [0.5, 0.6) is 11.8 Å². The molecule has 0 saturated heterocycles. The van der Waals surface area contributed by atoms with Crippen LogP contribution in [0.4, 0.5) is 0 Å². The van der Waals surface area contributed by atoms with Gasteiger partial charge in [0, 0.05) is 24.2 Å². The Balaban J connectivity index is 1.99. The van der Waals surface area contributed by atoms with Crippen LogP contribution in [0, 0.1) is 0 Å². The van der Waals surface area contributed by atoms with Gasteiger partial charge in [-0.1, -0.05) is 6.07 Å². The van der Waals surface area contributed by atoms with Gasteiger partial charge in [-0.25, -0.2) is 4.98 Å². The molecule has 0 aliphatic heterocycles. The van der Waals surface area contributed by atoms with E-state index in [1.54, 1.807) is 17.0 Å². The number of ether oxygens (including phenoxy) is 1. The largest absolute Gasteiger partial charge is 0.494 e. The Bertz CT molecular complexity index is 737. The molecule has 0 fully saturated rings. The van der Waals surface area contributed by atoms with Crippen molar-refractivity contribution < 1.29 is 9.84 Å². The predicted molar refractivity (Wildman–Crippen MR) is 75.9 cm³/mol. The van der Waals surface area contributed by atoms with E-state index in [2.05, 4.69) is 9.97 Å². The summed E-state index contributed by atoms with van der Waals surface area (Å²) in [6.45, 7) is 2.97. The van der Waals surface area contributed by atoms with E-state index < -0.39 is 0 Å². The highest BCUT2D eigenvalue weighted by molar-refractivity contribution is 5.84. The molecule has 0 atom stereocenters. The smallest absolute Gasteiger partial charge is 0.218 e. The molecule has 5 heteroatoms. The van der Waals surface area contributed by atoms with Crippen LogP contribution in [-0.2, 0) is 6.54 Å². The van der Waals surface area contributed by atoms with Crippen molar-refractivity contribution >= 4 is 10.9 Å². The van der Waals surface area contributed by atoms with E-state index in [4.69, 9.17) is 4.74 Å². The summed E-state index contributed by atoms with van der Waals surface area (Å²) in [5.74, 6) is 0.805. The number of fused-ring (bicyclic) bond motifs is 1. The molecule has 0 unspecified atom stereocenters. The summed E-state index contributed by atoms with van der Waals surface area (Å²) in [7, 11) is 0. The van der Waals surface area contributed by atoms with Gasteiger partial charge in [-0.05, 0) is 25.1 Å². The molecule has 0 amide bonds. The predicted octanol–water partition coefficient (Wildman–Crippen LogP) is 2.58. The number of aromatic nitrogens is 3. The summed E-state index contributed by atoms with van der Waals surface area (Å²) in [4.78, 5) is 8.45. The molecule has 3 rings (SSSR count). The first-order valence-corrected chi connectivity index (χ1v) is 6.49. The molecule has 0 spiro atoms. The van der Waals surface area contributed by atoms with Crippen LogP contribution in [0.1, 0.15) is 12.5 Å². The van der Waals surface area contributed by atoms with Gasteiger partial charge in [0.15, 0.2) is 0 Å². The lowest BCUT2D eigenvalue weighted by atomic mass is 10.2. The monoisotopic (exact) mass is 269 g/mol. The van der Waals surface area contributed by atoms with Crippen molar-refractivity contribution in [3.63, 3.8) is 0 Å². The van der Waals surface area contributed by atoms with Crippen molar-refractivity contribution in [1.82, 2.24) is 14.5 Å². The van der Waals surface area contributed by atoms with Crippen LogP contribution in [0.2, 0.25) is 0 Å². The van der Waals surface area contributed by atoms with E-state index in [-0.39, 0.29) is 5.88 Å². The highest BCUT2D eigenvalue weighted by atomic mass is 16.5. The molecule has 3 aromatic rings. The van der Waals surface area contributed by atoms with E-state index in [1.165, 1.54) is 0 Å². The summed E-state index contributed by atoms with van der Waals surface area (Å²) in [6, 6.07) is 7.45. The van der Waals surface area contributed by atoms with Crippen molar-refractivity contribution in [2.45, 2.75) is 13.5 Å². The van der Waals surface area contributed by atoms with Crippen molar-refractivity contribution in [3.8, 4) is 11.8 Å². The second-order valence-electron chi connectivity index (χ2n) is 4.42. The first kappa shape index (κ1) is 12.5. The fraction of sp³-hybridized carbons (Fsp3) is 0.200. The number of nitrogens with zero attached hydrogens (tertiary/aromatic N) is 3. The van der Waals surface area contributed by atoms with Gasteiger partial charge in [0.2, 0.25) is 11.8 Å². The summed E-state index contributed by atoms with van der Waals surface area (Å²) in [5.41, 5.74) is 1.69. The highest BCUT2D eigenvalue weighted by Gasteiger charge is 2.11. The third-order valence-electron chi connectivity index (χ3n) is 3.10. The lowest BCUT2D eigenvalue weighted by molar-refractivity contribution is 0.321. The third-order valence-corrected chi connectivity index (χ3v) is 3.10. The minimum absolute atomic E-state index is 0.208. The van der Waals surface area contributed by atoms with Crippen molar-refractivity contribution in [2.24, 2.45) is 0 Å². The molecule has 0 aromatic carbocycles. The van der Waals surface area contributed by atoms with Crippen LogP contribution in [0.25, 0.3) is 10.9 Å². The van der Waals surface area contributed by atoms with Crippen LogP contribution in [0.15, 0.2) is 42.9 Å². The fourth-order valence-corrected chi connectivity index (χ4v) is 2.19. The average Bonchev–Trinajstić information content (AvgIpc) is 2.79. The standard InChI is InChI=1S/C15H15N3O2/c1-2-20-14-11(5-3-8-17-14)9-18-10-13-12(15(18)19)6-4-7-16-13/h3-8,10,19H,2,9H2,1H3. The Hall–Kier alpha value is -2.56. The molecular formula is C15H15N3O2. The topological polar surface area (TPSA) is 60.2 Å². The molecule has 0 radical (unpaired) electrons. The van der Waals surface area contributed by atoms with Crippen LogP contribution < -0.4 is 4.74 Å². The number of aromatic hydroxyl groups is 1. The van der Waals surface area contributed by atoms with E-state index >= 15 is 0 Å². The first-order valence-electron chi connectivity index (χ1n) is 6.49. The molecule has 20 heavy (non-hydrogen) atoms. The maximum absolute atomic E-state index is 10.2. The summed E-state index contributed by atoms with van der Waals surface area (Å²) >= 11 is 0. The van der Waals surface area contributed by atoms with Gasteiger partial charge in [0.1, 0.15) is 0 Å². The van der Waals surface area contributed by atoms with Gasteiger partial charge < -0.3 is 14.4 Å². The molecular weight excluding hydrogens is 254 g/mol. The van der Waals surface area contributed by atoms with Gasteiger partial charge in [0.25, 0.3) is 0 Å². The Morgan fingerprint density at radius 2 is 2.00 bits per heavy atom. The quantitative estimate of drug-likeness (QED) is 0.790. The highest BCUT2D eigenvalue weighted by Crippen LogP contribution is 2.27. The summed E-state index contributed by atoms with van der Waals surface area (Å²) in [6.07, 6.45) is 5.23. The SMILES string of the molecule is CCOc1ncccc1Cn1cc2ncccc2c1O. The molecule has 5 nitrogen and oxygen atoms in total. The zero-order valence-corrected chi connectivity index (χ0v) is 11.2. The normalized spacial score (nSPS) is 10.8. The molecule has 0 bridgehead atoms. The molecule has 0 saturated carbocycles. The van der Waals surface area contributed by atoms with Gasteiger partial charge >= 0.3 is 0 Å². The number of hydrogen-bond acceptors (Lipinski definition) is 4. The van der Waals surface area contributed by atoms with E-state index in [0.717, 1.165) is 16.5 Å². The zero-order valence-electron chi connectivity index (χ0n) is 11.2. The lowest BCUT2D eigenvalue weighted by Crippen LogP contribution is -2.03. The van der Waals surface area contributed by atoms with Crippen LogP contribution in [-0.4, -0.2) is 26.2 Å². The Morgan fingerprint density at radius 1 is 1.20 bits per heavy atom. The van der Waals surface area contributed by atoms with E-state index in [0.29, 0.717) is 19.0 Å².